The third-order valence-corrected chi connectivity index (χ3v) is 1.06. The first-order chi connectivity index (χ1) is 3.81. The number of rotatable bonds is 3. The summed E-state index contributed by atoms with van der Waals surface area (Å²) in [5.41, 5.74) is 0. The van der Waals surface area contributed by atoms with Crippen LogP contribution in [-0.4, -0.2) is 13.3 Å². The standard InChI is InChI=1S/C6H13NO/c1-4-6(2)5-7-8-3/h5-6H,4H2,1-3H3. The molecule has 48 valence electrons. The van der Waals surface area contributed by atoms with Crippen molar-refractivity contribution in [1.82, 2.24) is 0 Å². The van der Waals surface area contributed by atoms with Crippen LogP contribution in [-0.2, 0) is 4.84 Å². The normalized spacial score (nSPS) is 14.4. The van der Waals surface area contributed by atoms with Gasteiger partial charge in [0.05, 0.1) is 0 Å². The van der Waals surface area contributed by atoms with Crippen LogP contribution in [0.25, 0.3) is 0 Å². The van der Waals surface area contributed by atoms with Gasteiger partial charge in [-0.2, -0.15) is 0 Å². The van der Waals surface area contributed by atoms with Crippen LogP contribution < -0.4 is 0 Å². The highest BCUT2D eigenvalue weighted by Gasteiger charge is 1.89. The molecule has 0 saturated heterocycles. The van der Waals surface area contributed by atoms with Crippen LogP contribution in [0.1, 0.15) is 20.3 Å². The predicted octanol–water partition coefficient (Wildman–Crippen LogP) is 1.66. The highest BCUT2D eigenvalue weighted by atomic mass is 16.6. The summed E-state index contributed by atoms with van der Waals surface area (Å²) >= 11 is 0. The van der Waals surface area contributed by atoms with Crippen molar-refractivity contribution in [1.29, 1.82) is 0 Å². The molecule has 0 bridgehead atoms. The molecule has 0 spiro atoms. The van der Waals surface area contributed by atoms with Gasteiger partial charge in [0.15, 0.2) is 0 Å². The average Bonchev–Trinajstić information content (AvgIpc) is 1.83. The number of nitrogens with zero attached hydrogens (tertiary/aromatic N) is 1. The zero-order valence-electron chi connectivity index (χ0n) is 5.72. The molecule has 0 N–H and O–H groups in total. The van der Waals surface area contributed by atoms with Crippen molar-refractivity contribution in [3.05, 3.63) is 0 Å². The summed E-state index contributed by atoms with van der Waals surface area (Å²) in [7, 11) is 1.55. The van der Waals surface area contributed by atoms with Gasteiger partial charge in [0.2, 0.25) is 0 Å². The van der Waals surface area contributed by atoms with Crippen LogP contribution in [0, 0.1) is 5.92 Å². The van der Waals surface area contributed by atoms with Crippen molar-refractivity contribution < 1.29 is 4.84 Å². The van der Waals surface area contributed by atoms with Crippen LogP contribution in [0.2, 0.25) is 0 Å². The third-order valence-electron chi connectivity index (χ3n) is 1.06. The molecule has 0 rings (SSSR count). The molecule has 0 aromatic heterocycles. The van der Waals surface area contributed by atoms with Gasteiger partial charge in [0, 0.05) is 6.21 Å². The smallest absolute Gasteiger partial charge is 0.106 e. The second-order valence-electron chi connectivity index (χ2n) is 1.82. The molecule has 1 atom stereocenters. The molecule has 0 aliphatic rings. The van der Waals surface area contributed by atoms with E-state index in [1.165, 1.54) is 0 Å². The fourth-order valence-corrected chi connectivity index (χ4v) is 0.270. The summed E-state index contributed by atoms with van der Waals surface area (Å²) in [6.07, 6.45) is 2.92. The molecule has 0 saturated carbocycles. The molecule has 0 fully saturated rings. The molecule has 0 aromatic rings. The van der Waals surface area contributed by atoms with Crippen LogP contribution >= 0.6 is 0 Å². The monoisotopic (exact) mass is 115 g/mol. The van der Waals surface area contributed by atoms with E-state index in [4.69, 9.17) is 0 Å². The maximum absolute atomic E-state index is 4.48. The lowest BCUT2D eigenvalue weighted by molar-refractivity contribution is 0.213. The van der Waals surface area contributed by atoms with E-state index in [9.17, 15) is 0 Å². The Bertz CT molecular complexity index is 70.9. The summed E-state index contributed by atoms with van der Waals surface area (Å²) in [4.78, 5) is 4.48. The largest absolute Gasteiger partial charge is 0.399 e. The zero-order chi connectivity index (χ0) is 6.41. The van der Waals surface area contributed by atoms with Crippen molar-refractivity contribution in [3.8, 4) is 0 Å². The lowest BCUT2D eigenvalue weighted by Gasteiger charge is -1.95. The molecule has 0 amide bonds. The van der Waals surface area contributed by atoms with E-state index in [2.05, 4.69) is 23.8 Å². The fraction of sp³-hybridized carbons (Fsp3) is 0.833. The van der Waals surface area contributed by atoms with E-state index >= 15 is 0 Å². The van der Waals surface area contributed by atoms with Gasteiger partial charge in [-0.15, -0.1) is 0 Å². The molecule has 0 heterocycles. The SMILES string of the molecule is CCC(C)C=NOC. The molecule has 0 aliphatic heterocycles. The van der Waals surface area contributed by atoms with Crippen LogP contribution in [0.15, 0.2) is 5.16 Å². The van der Waals surface area contributed by atoms with E-state index in [0.717, 1.165) is 6.42 Å². The highest BCUT2D eigenvalue weighted by Crippen LogP contribution is 1.94. The Kier molecular flexibility index (Phi) is 4.32. The van der Waals surface area contributed by atoms with E-state index in [1.807, 2.05) is 0 Å². The summed E-state index contributed by atoms with van der Waals surface area (Å²) < 4.78 is 0. The van der Waals surface area contributed by atoms with Crippen molar-refractivity contribution >= 4 is 6.21 Å². The number of oxime groups is 1. The molecular formula is C6H13NO. The second-order valence-corrected chi connectivity index (χ2v) is 1.82. The first-order valence-electron chi connectivity index (χ1n) is 2.88. The van der Waals surface area contributed by atoms with Gasteiger partial charge in [-0.25, -0.2) is 0 Å². The Morgan fingerprint density at radius 1 is 1.75 bits per heavy atom. The van der Waals surface area contributed by atoms with Crippen molar-refractivity contribution in [2.24, 2.45) is 11.1 Å². The molecule has 0 radical (unpaired) electrons. The van der Waals surface area contributed by atoms with Gasteiger partial charge in [-0.05, 0) is 12.3 Å². The topological polar surface area (TPSA) is 21.6 Å². The van der Waals surface area contributed by atoms with E-state index < -0.39 is 0 Å². The highest BCUT2D eigenvalue weighted by molar-refractivity contribution is 5.59. The molecule has 2 heteroatoms. The average molecular weight is 115 g/mol. The first kappa shape index (κ1) is 7.47. The molecule has 0 aromatic carbocycles. The van der Waals surface area contributed by atoms with Gasteiger partial charge < -0.3 is 4.84 Å². The van der Waals surface area contributed by atoms with E-state index in [-0.39, 0.29) is 0 Å². The quantitative estimate of drug-likeness (QED) is 0.405. The van der Waals surface area contributed by atoms with E-state index in [1.54, 1.807) is 13.3 Å². The fourth-order valence-electron chi connectivity index (χ4n) is 0.270. The minimum Gasteiger partial charge on any atom is -0.399 e. The lowest BCUT2D eigenvalue weighted by atomic mass is 10.1. The minimum absolute atomic E-state index is 0.537. The molecule has 8 heavy (non-hydrogen) atoms. The predicted molar refractivity (Wildman–Crippen MR) is 35.0 cm³/mol. The van der Waals surface area contributed by atoms with Crippen molar-refractivity contribution in [3.63, 3.8) is 0 Å². The Hall–Kier alpha value is -0.530. The third kappa shape index (κ3) is 3.65. The summed E-state index contributed by atoms with van der Waals surface area (Å²) in [5.74, 6) is 0.537. The summed E-state index contributed by atoms with van der Waals surface area (Å²) in [5, 5.41) is 3.62. The van der Waals surface area contributed by atoms with Gasteiger partial charge in [-0.1, -0.05) is 19.0 Å². The Balaban J connectivity index is 3.21. The minimum atomic E-state index is 0.537. The zero-order valence-corrected chi connectivity index (χ0v) is 5.72. The molecule has 0 aliphatic carbocycles. The lowest BCUT2D eigenvalue weighted by Crippen LogP contribution is -1.92. The summed E-state index contributed by atoms with van der Waals surface area (Å²) in [6, 6.07) is 0. The van der Waals surface area contributed by atoms with Gasteiger partial charge >= 0.3 is 0 Å². The Morgan fingerprint density at radius 2 is 2.38 bits per heavy atom. The van der Waals surface area contributed by atoms with Crippen molar-refractivity contribution in [2.75, 3.05) is 7.11 Å². The summed E-state index contributed by atoms with van der Waals surface area (Å²) in [6.45, 7) is 4.22. The number of hydrogen-bond acceptors (Lipinski definition) is 2. The maximum Gasteiger partial charge on any atom is 0.106 e. The Morgan fingerprint density at radius 3 is 2.75 bits per heavy atom. The van der Waals surface area contributed by atoms with Gasteiger partial charge in [0.25, 0.3) is 0 Å². The van der Waals surface area contributed by atoms with E-state index in [0.29, 0.717) is 5.92 Å². The first-order valence-corrected chi connectivity index (χ1v) is 2.88. The van der Waals surface area contributed by atoms with Gasteiger partial charge in [0.1, 0.15) is 7.11 Å². The maximum atomic E-state index is 4.48. The molecule has 1 unspecified atom stereocenters. The Labute approximate surface area is 50.5 Å². The molecular weight excluding hydrogens is 102 g/mol. The van der Waals surface area contributed by atoms with Gasteiger partial charge in [-0.3, -0.25) is 0 Å². The van der Waals surface area contributed by atoms with Crippen molar-refractivity contribution in [2.45, 2.75) is 20.3 Å². The second kappa shape index (κ2) is 4.62. The van der Waals surface area contributed by atoms with Crippen LogP contribution in [0.5, 0.6) is 0 Å². The number of hydrogen-bond donors (Lipinski definition) is 0. The van der Waals surface area contributed by atoms with Crippen LogP contribution in [0.4, 0.5) is 0 Å². The molecule has 2 nitrogen and oxygen atoms in total. The van der Waals surface area contributed by atoms with Crippen LogP contribution in [0.3, 0.4) is 0 Å².